The molecule has 0 aromatic rings. The largest absolute Gasteiger partial charge is 0.462 e. The Morgan fingerprint density at radius 2 is 1.47 bits per heavy atom. The highest BCUT2D eigenvalue weighted by molar-refractivity contribution is 9.10. The van der Waals surface area contributed by atoms with Crippen LogP contribution in [0, 0.1) is 0 Å². The molecule has 0 bridgehead atoms. The van der Waals surface area contributed by atoms with Gasteiger partial charge in [-0.15, -0.1) is 0 Å². The molecule has 6 heteroatoms. The molecule has 0 aliphatic carbocycles. The molecule has 0 aliphatic rings. The normalized spacial score (nSPS) is 11.5. The predicted octanol–water partition coefficient (Wildman–Crippen LogP) is 1.38. The van der Waals surface area contributed by atoms with Crippen molar-refractivity contribution in [2.24, 2.45) is 0 Å². The van der Waals surface area contributed by atoms with Crippen molar-refractivity contribution in [2.75, 3.05) is 46.8 Å². The molecule has 0 unspecified atom stereocenters. The molecule has 0 radical (unpaired) electrons. The van der Waals surface area contributed by atoms with E-state index in [1.165, 1.54) is 0 Å². The van der Waals surface area contributed by atoms with Crippen LogP contribution in [0.15, 0.2) is 0 Å². The monoisotopic (exact) mass is 312 g/mol. The first kappa shape index (κ1) is 16.8. The fraction of sp³-hybridized carbons (Fsp3) is 0.909. The van der Waals surface area contributed by atoms with Crippen LogP contribution in [0.25, 0.3) is 0 Å². The van der Waals surface area contributed by atoms with Crippen molar-refractivity contribution >= 4 is 21.9 Å². The van der Waals surface area contributed by atoms with Crippen molar-refractivity contribution in [1.82, 2.24) is 0 Å². The van der Waals surface area contributed by atoms with E-state index in [2.05, 4.69) is 15.9 Å². The molecule has 5 nitrogen and oxygen atoms in total. The first-order valence-corrected chi connectivity index (χ1v) is 6.28. The molecule has 0 fully saturated rings. The molecule has 0 saturated carbocycles. The van der Waals surface area contributed by atoms with Gasteiger partial charge < -0.3 is 18.9 Å². The van der Waals surface area contributed by atoms with E-state index in [0.29, 0.717) is 33.0 Å². The highest BCUT2D eigenvalue weighted by Crippen LogP contribution is 2.17. The third kappa shape index (κ3) is 10.7. The summed E-state index contributed by atoms with van der Waals surface area (Å²) in [6, 6.07) is 0. The van der Waals surface area contributed by atoms with E-state index in [1.807, 2.05) is 0 Å². The maximum absolute atomic E-state index is 11.3. The second-order valence-electron chi connectivity index (χ2n) is 3.83. The maximum atomic E-state index is 11.3. The number of ether oxygens (including phenoxy) is 4. The average molecular weight is 313 g/mol. The SMILES string of the molecule is COCCOCCOCCOC(=O)C(C)(C)Br. The van der Waals surface area contributed by atoms with Gasteiger partial charge in [0.15, 0.2) is 0 Å². The second kappa shape index (κ2) is 9.82. The van der Waals surface area contributed by atoms with E-state index in [4.69, 9.17) is 18.9 Å². The lowest BCUT2D eigenvalue weighted by atomic mass is 10.2. The third-order valence-electron chi connectivity index (χ3n) is 1.75. The minimum Gasteiger partial charge on any atom is -0.462 e. The number of hydrogen-bond donors (Lipinski definition) is 0. The number of methoxy groups -OCH3 is 1. The van der Waals surface area contributed by atoms with Gasteiger partial charge in [-0.3, -0.25) is 4.79 Å². The fourth-order valence-electron chi connectivity index (χ4n) is 0.829. The topological polar surface area (TPSA) is 54.0 Å². The van der Waals surface area contributed by atoms with Crippen LogP contribution >= 0.6 is 15.9 Å². The Kier molecular flexibility index (Phi) is 9.72. The molecule has 0 N–H and O–H groups in total. The number of rotatable bonds is 10. The number of carbonyl (C=O) groups excluding carboxylic acids is 1. The number of esters is 1. The predicted molar refractivity (Wildman–Crippen MR) is 67.5 cm³/mol. The van der Waals surface area contributed by atoms with Crippen LogP contribution in [0.2, 0.25) is 0 Å². The summed E-state index contributed by atoms with van der Waals surface area (Å²) < 4.78 is 19.6. The number of carbonyl (C=O) groups is 1. The number of halogens is 1. The summed E-state index contributed by atoms with van der Waals surface area (Å²) >= 11 is 3.21. The van der Waals surface area contributed by atoms with Gasteiger partial charge in [0.2, 0.25) is 0 Å². The average Bonchev–Trinajstić information content (AvgIpc) is 2.25. The smallest absolute Gasteiger partial charge is 0.322 e. The molecule has 0 atom stereocenters. The van der Waals surface area contributed by atoms with Crippen LogP contribution in [-0.2, 0) is 23.7 Å². The summed E-state index contributed by atoms with van der Waals surface area (Å²) in [5, 5.41) is 0. The highest BCUT2D eigenvalue weighted by Gasteiger charge is 2.24. The molecular weight excluding hydrogens is 292 g/mol. The molecular formula is C11H21BrO5. The maximum Gasteiger partial charge on any atom is 0.322 e. The Hall–Kier alpha value is -0.170. The lowest BCUT2D eigenvalue weighted by Gasteiger charge is -2.14. The molecule has 0 amide bonds. The Morgan fingerprint density at radius 1 is 1.00 bits per heavy atom. The van der Waals surface area contributed by atoms with Gasteiger partial charge in [-0.1, -0.05) is 15.9 Å². The summed E-state index contributed by atoms with van der Waals surface area (Å²) in [5.74, 6) is -0.294. The van der Waals surface area contributed by atoms with Gasteiger partial charge in [-0.05, 0) is 13.8 Å². The van der Waals surface area contributed by atoms with E-state index < -0.39 is 4.32 Å². The first-order valence-electron chi connectivity index (χ1n) is 5.49. The molecule has 0 saturated heterocycles. The fourth-order valence-corrected chi connectivity index (χ4v) is 0.944. The van der Waals surface area contributed by atoms with Crippen molar-refractivity contribution in [1.29, 1.82) is 0 Å². The summed E-state index contributed by atoms with van der Waals surface area (Å²) in [7, 11) is 1.62. The Labute approximate surface area is 111 Å². The van der Waals surface area contributed by atoms with Crippen molar-refractivity contribution in [3.8, 4) is 0 Å². The van der Waals surface area contributed by atoms with Crippen molar-refractivity contribution < 1.29 is 23.7 Å². The van der Waals surface area contributed by atoms with Gasteiger partial charge in [0.25, 0.3) is 0 Å². The van der Waals surface area contributed by atoms with Crippen molar-refractivity contribution in [3.63, 3.8) is 0 Å². The van der Waals surface area contributed by atoms with Crippen LogP contribution in [-0.4, -0.2) is 57.0 Å². The van der Waals surface area contributed by atoms with E-state index >= 15 is 0 Å². The zero-order chi connectivity index (χ0) is 13.1. The van der Waals surface area contributed by atoms with Crippen LogP contribution < -0.4 is 0 Å². The third-order valence-corrected chi connectivity index (χ3v) is 2.07. The van der Waals surface area contributed by atoms with Gasteiger partial charge >= 0.3 is 5.97 Å². The molecule has 0 aliphatic heterocycles. The number of alkyl halides is 1. The first-order chi connectivity index (χ1) is 7.98. The molecule has 0 aromatic heterocycles. The quantitative estimate of drug-likeness (QED) is 0.346. The Bertz CT molecular complexity index is 203. The van der Waals surface area contributed by atoms with E-state index in [0.717, 1.165) is 0 Å². The van der Waals surface area contributed by atoms with E-state index in [1.54, 1.807) is 21.0 Å². The lowest BCUT2D eigenvalue weighted by Crippen LogP contribution is -2.27. The zero-order valence-corrected chi connectivity index (χ0v) is 12.2. The lowest BCUT2D eigenvalue weighted by molar-refractivity contribution is -0.147. The second-order valence-corrected chi connectivity index (χ2v) is 5.81. The van der Waals surface area contributed by atoms with Crippen molar-refractivity contribution in [2.45, 2.75) is 18.2 Å². The molecule has 0 spiro atoms. The standard InChI is InChI=1S/C11H21BrO5/c1-11(2,12)10(13)17-9-8-16-7-6-15-5-4-14-3/h4-9H2,1-3H3. The van der Waals surface area contributed by atoms with E-state index in [9.17, 15) is 4.79 Å². The summed E-state index contributed by atoms with van der Waals surface area (Å²) in [5.41, 5.74) is 0. The summed E-state index contributed by atoms with van der Waals surface area (Å²) in [6.45, 7) is 6.25. The number of hydrogen-bond acceptors (Lipinski definition) is 5. The van der Waals surface area contributed by atoms with Gasteiger partial charge in [0.1, 0.15) is 10.9 Å². The molecule has 0 rings (SSSR count). The molecule has 0 aromatic carbocycles. The minimum absolute atomic E-state index is 0.256. The van der Waals surface area contributed by atoms with Gasteiger partial charge in [-0.2, -0.15) is 0 Å². The zero-order valence-electron chi connectivity index (χ0n) is 10.7. The molecule has 102 valence electrons. The van der Waals surface area contributed by atoms with Gasteiger partial charge in [-0.25, -0.2) is 0 Å². The Balaban J connectivity index is 3.22. The Morgan fingerprint density at radius 3 is 1.94 bits per heavy atom. The highest BCUT2D eigenvalue weighted by atomic mass is 79.9. The van der Waals surface area contributed by atoms with Crippen LogP contribution in [0.4, 0.5) is 0 Å². The van der Waals surface area contributed by atoms with E-state index in [-0.39, 0.29) is 12.6 Å². The summed E-state index contributed by atoms with van der Waals surface area (Å²) in [4.78, 5) is 11.3. The van der Waals surface area contributed by atoms with Crippen LogP contribution in [0.1, 0.15) is 13.8 Å². The van der Waals surface area contributed by atoms with Crippen molar-refractivity contribution in [3.05, 3.63) is 0 Å². The van der Waals surface area contributed by atoms with Gasteiger partial charge in [0.05, 0.1) is 33.0 Å². The van der Waals surface area contributed by atoms with Gasteiger partial charge in [0, 0.05) is 7.11 Å². The molecule has 17 heavy (non-hydrogen) atoms. The molecule has 0 heterocycles. The van der Waals surface area contributed by atoms with Crippen LogP contribution in [0.3, 0.4) is 0 Å². The summed E-state index contributed by atoms with van der Waals surface area (Å²) in [6.07, 6.45) is 0. The minimum atomic E-state index is -0.643. The van der Waals surface area contributed by atoms with Crippen LogP contribution in [0.5, 0.6) is 0 Å².